The molecule has 1 aromatic heterocycles. The second-order valence-electron chi connectivity index (χ2n) is 5.64. The van der Waals surface area contributed by atoms with Gasteiger partial charge in [0.2, 0.25) is 5.95 Å². The highest BCUT2D eigenvalue weighted by Crippen LogP contribution is 2.32. The van der Waals surface area contributed by atoms with E-state index in [1.54, 1.807) is 18.2 Å². The summed E-state index contributed by atoms with van der Waals surface area (Å²) in [6, 6.07) is 14.1. The third-order valence-electron chi connectivity index (χ3n) is 3.95. The van der Waals surface area contributed by atoms with Crippen molar-refractivity contribution in [1.82, 2.24) is 14.8 Å². The van der Waals surface area contributed by atoms with E-state index in [4.69, 9.17) is 10.3 Å². The third-order valence-corrected chi connectivity index (χ3v) is 3.95. The SMILES string of the molecule is CCc1cc(C)c(-n2nc(C(F)(F)F)nc2N)cc1-c1cc[c]cc1.OS. The van der Waals surface area contributed by atoms with Crippen molar-refractivity contribution in [2.75, 3.05) is 5.73 Å². The van der Waals surface area contributed by atoms with Crippen LogP contribution >= 0.6 is 12.9 Å². The fraction of sp³-hybridized carbons (Fsp3) is 0.222. The maximum absolute atomic E-state index is 12.9. The predicted molar refractivity (Wildman–Crippen MR) is 101 cm³/mol. The zero-order valence-electron chi connectivity index (χ0n) is 14.6. The minimum atomic E-state index is -4.64. The molecule has 5 nitrogen and oxygen atoms in total. The molecule has 0 aliphatic rings. The summed E-state index contributed by atoms with van der Waals surface area (Å²) in [5.74, 6) is -1.55. The van der Waals surface area contributed by atoms with Crippen LogP contribution in [0.25, 0.3) is 16.8 Å². The number of nitrogens with zero attached hydrogens (tertiary/aromatic N) is 3. The van der Waals surface area contributed by atoms with Gasteiger partial charge in [-0.3, -0.25) is 0 Å². The zero-order chi connectivity index (χ0) is 20.2. The number of rotatable bonds is 3. The summed E-state index contributed by atoms with van der Waals surface area (Å²) < 4.78 is 46.3. The Kier molecular flexibility index (Phi) is 6.50. The Hall–Kier alpha value is -2.52. The van der Waals surface area contributed by atoms with Gasteiger partial charge in [0, 0.05) is 0 Å². The average molecular weight is 395 g/mol. The van der Waals surface area contributed by atoms with Gasteiger partial charge in [0.05, 0.1) is 5.69 Å². The van der Waals surface area contributed by atoms with E-state index in [1.165, 1.54) is 0 Å². The Morgan fingerprint density at radius 1 is 1.22 bits per heavy atom. The summed E-state index contributed by atoms with van der Waals surface area (Å²) in [7, 11) is 0. The number of thiol groups is 1. The largest absolute Gasteiger partial charge is 0.453 e. The molecule has 0 aliphatic heterocycles. The summed E-state index contributed by atoms with van der Waals surface area (Å²) in [6.45, 7) is 3.84. The molecule has 0 spiro atoms. The average Bonchev–Trinajstić information content (AvgIpc) is 3.06. The Balaban J connectivity index is 0.00000126. The van der Waals surface area contributed by atoms with Gasteiger partial charge in [0.1, 0.15) is 0 Å². The summed E-state index contributed by atoms with van der Waals surface area (Å²) >= 11 is 2.53. The number of hydrogen-bond acceptors (Lipinski definition) is 5. The van der Waals surface area contributed by atoms with Gasteiger partial charge >= 0.3 is 6.18 Å². The van der Waals surface area contributed by atoms with Crippen LogP contribution in [0.3, 0.4) is 0 Å². The predicted octanol–water partition coefficient (Wildman–Crippen LogP) is 4.60. The van der Waals surface area contributed by atoms with Crippen molar-refractivity contribution in [3.63, 3.8) is 0 Å². The summed E-state index contributed by atoms with van der Waals surface area (Å²) in [5, 5.41) is 3.55. The van der Waals surface area contributed by atoms with E-state index in [-0.39, 0.29) is 5.95 Å². The number of benzene rings is 2. The molecule has 1 radical (unpaired) electrons. The van der Waals surface area contributed by atoms with Crippen LogP contribution in [0, 0.1) is 13.0 Å². The van der Waals surface area contributed by atoms with Gasteiger partial charge in [-0.25, -0.2) is 0 Å². The molecule has 2 aromatic carbocycles. The van der Waals surface area contributed by atoms with Crippen LogP contribution < -0.4 is 5.73 Å². The number of nitrogen functional groups attached to an aromatic ring is 1. The Labute approximate surface area is 160 Å². The molecular formula is C18H18F3N4OS. The number of anilines is 1. The maximum atomic E-state index is 12.9. The van der Waals surface area contributed by atoms with Crippen LogP contribution in [-0.4, -0.2) is 19.3 Å². The van der Waals surface area contributed by atoms with Crippen molar-refractivity contribution in [3.8, 4) is 16.8 Å². The molecule has 0 saturated heterocycles. The van der Waals surface area contributed by atoms with Crippen LogP contribution in [0.4, 0.5) is 19.1 Å². The summed E-state index contributed by atoms with van der Waals surface area (Å²) in [4.78, 5) is 3.34. The fourth-order valence-electron chi connectivity index (χ4n) is 2.73. The Morgan fingerprint density at radius 3 is 2.37 bits per heavy atom. The minimum Gasteiger partial charge on any atom is -0.368 e. The lowest BCUT2D eigenvalue weighted by Gasteiger charge is -2.14. The zero-order valence-corrected chi connectivity index (χ0v) is 15.5. The van der Waals surface area contributed by atoms with E-state index in [0.29, 0.717) is 5.69 Å². The third kappa shape index (κ3) is 4.42. The number of aryl methyl sites for hydroxylation is 2. The van der Waals surface area contributed by atoms with Crippen LogP contribution in [0.2, 0.25) is 0 Å². The first-order valence-corrected chi connectivity index (χ1v) is 8.31. The monoisotopic (exact) mass is 395 g/mol. The van der Waals surface area contributed by atoms with Gasteiger partial charge in [-0.05, 0) is 60.6 Å². The van der Waals surface area contributed by atoms with Crippen molar-refractivity contribution in [2.45, 2.75) is 26.4 Å². The second kappa shape index (κ2) is 8.45. The van der Waals surface area contributed by atoms with E-state index in [2.05, 4.69) is 29.1 Å². The van der Waals surface area contributed by atoms with Crippen molar-refractivity contribution >= 4 is 18.9 Å². The lowest BCUT2D eigenvalue weighted by molar-refractivity contribution is -0.144. The van der Waals surface area contributed by atoms with Gasteiger partial charge in [-0.2, -0.15) is 22.8 Å². The summed E-state index contributed by atoms with van der Waals surface area (Å²) in [6.07, 6.45) is -3.86. The molecule has 3 rings (SSSR count). The Morgan fingerprint density at radius 2 is 1.85 bits per heavy atom. The van der Waals surface area contributed by atoms with Gasteiger partial charge in [0.25, 0.3) is 5.82 Å². The smallest absolute Gasteiger partial charge is 0.368 e. The van der Waals surface area contributed by atoms with E-state index >= 15 is 0 Å². The van der Waals surface area contributed by atoms with E-state index < -0.39 is 12.0 Å². The first kappa shape index (κ1) is 20.8. The van der Waals surface area contributed by atoms with Gasteiger partial charge < -0.3 is 10.3 Å². The molecule has 3 aromatic rings. The van der Waals surface area contributed by atoms with E-state index in [0.717, 1.165) is 33.4 Å². The number of halogens is 3. The highest BCUT2D eigenvalue weighted by atomic mass is 32.1. The minimum absolute atomic E-state index is 0.299. The topological polar surface area (TPSA) is 77.0 Å². The maximum Gasteiger partial charge on any atom is 0.453 e. The molecule has 143 valence electrons. The van der Waals surface area contributed by atoms with Crippen LogP contribution in [0.1, 0.15) is 23.9 Å². The molecule has 0 aliphatic carbocycles. The van der Waals surface area contributed by atoms with Crippen LogP contribution in [-0.2, 0) is 12.6 Å². The lowest BCUT2D eigenvalue weighted by Crippen LogP contribution is -2.09. The molecule has 27 heavy (non-hydrogen) atoms. The van der Waals surface area contributed by atoms with Crippen molar-refractivity contribution in [1.29, 1.82) is 0 Å². The number of nitrogens with two attached hydrogens (primary N) is 1. The first-order chi connectivity index (χ1) is 12.8. The quantitative estimate of drug-likeness (QED) is 0.448. The molecule has 0 bridgehead atoms. The molecule has 0 unspecified atom stereocenters. The fourth-order valence-corrected chi connectivity index (χ4v) is 2.73. The first-order valence-electron chi connectivity index (χ1n) is 7.91. The van der Waals surface area contributed by atoms with Crippen molar-refractivity contribution in [2.24, 2.45) is 0 Å². The molecule has 3 N–H and O–H groups in total. The number of hydrogen-bond donors (Lipinski definition) is 3. The summed E-state index contributed by atoms with van der Waals surface area (Å²) in [5.41, 5.74) is 9.88. The highest BCUT2D eigenvalue weighted by molar-refractivity contribution is 7.74. The standard InChI is InChI=1S/C18H16F3N4.H2OS/c1-3-12-9-11(2)15(10-14(12)13-7-5-4-6-8-13)25-17(22)23-16(24-25)18(19,20)21;1-2/h5-10H,3H2,1-2H3,(H2,22,23,24);1-2H. The number of alkyl halides is 3. The van der Waals surface area contributed by atoms with Gasteiger partial charge in [-0.15, -0.1) is 5.10 Å². The molecule has 1 heterocycles. The van der Waals surface area contributed by atoms with Crippen molar-refractivity contribution < 1.29 is 17.7 Å². The molecule has 9 heteroatoms. The molecular weight excluding hydrogens is 377 g/mol. The molecule has 0 saturated carbocycles. The van der Waals surface area contributed by atoms with Crippen LogP contribution in [0.5, 0.6) is 0 Å². The Bertz CT molecular complexity index is 911. The van der Waals surface area contributed by atoms with Crippen molar-refractivity contribution in [3.05, 3.63) is 59.4 Å². The normalized spacial score (nSPS) is 11.1. The molecule has 0 fully saturated rings. The van der Waals surface area contributed by atoms with Gasteiger partial charge in [0.15, 0.2) is 0 Å². The number of aromatic nitrogens is 3. The molecule has 0 atom stereocenters. The second-order valence-corrected chi connectivity index (χ2v) is 5.64. The lowest BCUT2D eigenvalue weighted by atomic mass is 9.95. The van der Waals surface area contributed by atoms with Gasteiger partial charge in [-0.1, -0.05) is 37.3 Å². The highest BCUT2D eigenvalue weighted by Gasteiger charge is 2.37. The van der Waals surface area contributed by atoms with E-state index in [1.807, 2.05) is 32.0 Å². The molecule has 0 amide bonds. The van der Waals surface area contributed by atoms with E-state index in [9.17, 15) is 13.2 Å². The van der Waals surface area contributed by atoms with Crippen LogP contribution in [0.15, 0.2) is 36.4 Å².